The maximum absolute atomic E-state index is 12.3. The third-order valence-corrected chi connectivity index (χ3v) is 5.21. The number of halogens is 1. The average molecular weight is 354 g/mol. The molecule has 2 atom stereocenters. The van der Waals surface area contributed by atoms with Crippen molar-refractivity contribution in [2.24, 2.45) is 5.92 Å². The molecule has 1 aliphatic rings. The van der Waals surface area contributed by atoms with Gasteiger partial charge in [0.2, 0.25) is 0 Å². The van der Waals surface area contributed by atoms with Crippen molar-refractivity contribution in [2.45, 2.75) is 38.1 Å². The Bertz CT molecular complexity index is 506. The second kappa shape index (κ2) is 6.88. The molecular weight excluding hydrogens is 330 g/mol. The minimum atomic E-state index is -0.109. The Kier molecular flexibility index (Phi) is 5.38. The van der Waals surface area contributed by atoms with Crippen LogP contribution >= 0.6 is 15.9 Å². The molecule has 0 aromatic carbocycles. The van der Waals surface area contributed by atoms with E-state index in [1.165, 1.54) is 12.8 Å². The number of aromatic nitrogens is 1. The fraction of sp³-hybridized carbons (Fsp3) is 0.625. The highest BCUT2D eigenvalue weighted by molar-refractivity contribution is 9.10. The van der Waals surface area contributed by atoms with Crippen LogP contribution < -0.4 is 5.32 Å². The summed E-state index contributed by atoms with van der Waals surface area (Å²) >= 11 is 3.38. The average Bonchev–Trinajstić information content (AvgIpc) is 2.45. The maximum Gasteiger partial charge on any atom is 0.271 e. The van der Waals surface area contributed by atoms with Crippen LogP contribution in [0.15, 0.2) is 22.8 Å². The van der Waals surface area contributed by atoms with E-state index < -0.39 is 0 Å². The van der Waals surface area contributed by atoms with Gasteiger partial charge < -0.3 is 10.2 Å². The van der Waals surface area contributed by atoms with E-state index in [4.69, 9.17) is 0 Å². The van der Waals surface area contributed by atoms with Crippen molar-refractivity contribution in [1.82, 2.24) is 15.2 Å². The summed E-state index contributed by atoms with van der Waals surface area (Å²) < 4.78 is 0.735. The van der Waals surface area contributed by atoms with Crippen LogP contribution in [0.5, 0.6) is 0 Å². The molecule has 2 unspecified atom stereocenters. The van der Waals surface area contributed by atoms with Crippen molar-refractivity contribution in [3.05, 3.63) is 28.5 Å². The summed E-state index contributed by atoms with van der Waals surface area (Å²) in [5.74, 6) is 0.599. The number of rotatable bonds is 4. The molecule has 0 radical (unpaired) electrons. The molecule has 1 fully saturated rings. The first-order valence-electron chi connectivity index (χ1n) is 7.51. The van der Waals surface area contributed by atoms with Crippen molar-refractivity contribution in [1.29, 1.82) is 0 Å². The lowest BCUT2D eigenvalue weighted by molar-refractivity contribution is 0.0672. The molecule has 1 heterocycles. The molecule has 1 aliphatic carbocycles. The molecule has 1 aromatic heterocycles. The van der Waals surface area contributed by atoms with Gasteiger partial charge in [0.1, 0.15) is 5.69 Å². The molecule has 0 aliphatic heterocycles. The predicted octanol–water partition coefficient (Wildman–Crippen LogP) is 3.08. The second-order valence-corrected chi connectivity index (χ2v) is 7.19. The number of nitrogens with zero attached hydrogens (tertiary/aromatic N) is 2. The van der Waals surface area contributed by atoms with E-state index in [0.29, 0.717) is 18.2 Å². The highest BCUT2D eigenvalue weighted by Gasteiger charge is 2.37. The zero-order valence-corrected chi connectivity index (χ0v) is 14.6. The molecule has 5 heteroatoms. The summed E-state index contributed by atoms with van der Waals surface area (Å²) in [6.07, 6.45) is 6.42. The smallest absolute Gasteiger partial charge is 0.271 e. The van der Waals surface area contributed by atoms with Gasteiger partial charge in [0.15, 0.2) is 0 Å². The van der Waals surface area contributed by atoms with E-state index in [1.54, 1.807) is 6.20 Å². The number of carbonyl (C=O) groups is 1. The number of carbonyl (C=O) groups excluding carboxylic acids is 1. The lowest BCUT2D eigenvalue weighted by Crippen LogP contribution is -2.55. The van der Waals surface area contributed by atoms with Gasteiger partial charge in [-0.15, -0.1) is 0 Å². The lowest BCUT2D eigenvalue weighted by atomic mass is 9.75. The molecule has 0 bridgehead atoms. The first-order chi connectivity index (χ1) is 9.94. The molecule has 4 nitrogen and oxygen atoms in total. The topological polar surface area (TPSA) is 45.2 Å². The van der Waals surface area contributed by atoms with Crippen LogP contribution in [0.4, 0.5) is 0 Å². The third-order valence-electron chi connectivity index (χ3n) is 4.57. The van der Waals surface area contributed by atoms with E-state index in [9.17, 15) is 4.79 Å². The van der Waals surface area contributed by atoms with Crippen LogP contribution in [0.1, 0.15) is 43.1 Å². The summed E-state index contributed by atoms with van der Waals surface area (Å²) in [7, 11) is 4.22. The lowest BCUT2D eigenvalue weighted by Gasteiger charge is -2.45. The Morgan fingerprint density at radius 1 is 1.57 bits per heavy atom. The van der Waals surface area contributed by atoms with E-state index >= 15 is 0 Å². The fourth-order valence-corrected chi connectivity index (χ4v) is 3.67. The number of pyridine rings is 1. The molecular formula is C16H24BrN3O. The van der Waals surface area contributed by atoms with Crippen molar-refractivity contribution in [3.63, 3.8) is 0 Å². The zero-order chi connectivity index (χ0) is 15.5. The van der Waals surface area contributed by atoms with Gasteiger partial charge in [-0.25, -0.2) is 4.98 Å². The first-order valence-corrected chi connectivity index (χ1v) is 8.30. The molecule has 1 N–H and O–H groups in total. The van der Waals surface area contributed by atoms with Crippen LogP contribution in [0.3, 0.4) is 0 Å². The molecule has 21 heavy (non-hydrogen) atoms. The SMILES string of the molecule is CC1CCCC(CNC(=O)c2ncccc2Br)(N(C)C)C1. The number of hydrogen-bond acceptors (Lipinski definition) is 3. The Balaban J connectivity index is 2.06. The maximum atomic E-state index is 12.3. The normalized spacial score (nSPS) is 25.9. The van der Waals surface area contributed by atoms with Gasteiger partial charge in [-0.05, 0) is 60.9 Å². The zero-order valence-electron chi connectivity index (χ0n) is 13.0. The first kappa shape index (κ1) is 16.4. The summed E-state index contributed by atoms with van der Waals surface area (Å²) in [5.41, 5.74) is 0.518. The van der Waals surface area contributed by atoms with Gasteiger partial charge in [0, 0.05) is 22.8 Å². The van der Waals surface area contributed by atoms with Crippen molar-refractivity contribution < 1.29 is 4.79 Å². The van der Waals surface area contributed by atoms with Gasteiger partial charge in [-0.1, -0.05) is 19.8 Å². The predicted molar refractivity (Wildman–Crippen MR) is 88.3 cm³/mol. The highest BCUT2D eigenvalue weighted by atomic mass is 79.9. The van der Waals surface area contributed by atoms with Crippen LogP contribution in [-0.2, 0) is 0 Å². The van der Waals surface area contributed by atoms with Crippen molar-refractivity contribution in [3.8, 4) is 0 Å². The number of hydrogen-bond donors (Lipinski definition) is 1. The summed E-state index contributed by atoms with van der Waals surface area (Å²) in [5, 5.41) is 3.08. The number of nitrogens with one attached hydrogen (secondary N) is 1. The van der Waals surface area contributed by atoms with E-state index in [0.717, 1.165) is 17.3 Å². The van der Waals surface area contributed by atoms with Gasteiger partial charge in [-0.2, -0.15) is 0 Å². The summed E-state index contributed by atoms with van der Waals surface area (Å²) in [6, 6.07) is 3.65. The largest absolute Gasteiger partial charge is 0.349 e. The fourth-order valence-electron chi connectivity index (χ4n) is 3.24. The van der Waals surface area contributed by atoms with E-state index in [1.807, 2.05) is 12.1 Å². The third kappa shape index (κ3) is 3.83. The summed E-state index contributed by atoms with van der Waals surface area (Å²) in [4.78, 5) is 18.8. The second-order valence-electron chi connectivity index (χ2n) is 6.34. The number of amides is 1. The Morgan fingerprint density at radius 2 is 2.33 bits per heavy atom. The van der Waals surface area contributed by atoms with Crippen LogP contribution in [0.2, 0.25) is 0 Å². The van der Waals surface area contributed by atoms with Crippen LogP contribution in [-0.4, -0.2) is 42.0 Å². The molecule has 116 valence electrons. The van der Waals surface area contributed by atoms with Gasteiger partial charge in [-0.3, -0.25) is 4.79 Å². The molecule has 0 spiro atoms. The minimum Gasteiger partial charge on any atom is -0.349 e. The highest BCUT2D eigenvalue weighted by Crippen LogP contribution is 2.35. The molecule has 1 saturated carbocycles. The van der Waals surface area contributed by atoms with Crippen LogP contribution in [0, 0.1) is 5.92 Å². The van der Waals surface area contributed by atoms with E-state index in [-0.39, 0.29) is 11.4 Å². The molecule has 1 amide bonds. The molecule has 0 saturated heterocycles. The van der Waals surface area contributed by atoms with E-state index in [2.05, 4.69) is 52.1 Å². The van der Waals surface area contributed by atoms with Crippen molar-refractivity contribution >= 4 is 21.8 Å². The minimum absolute atomic E-state index is 0.0641. The summed E-state index contributed by atoms with van der Waals surface area (Å²) in [6.45, 7) is 2.97. The molecule has 1 aromatic rings. The quantitative estimate of drug-likeness (QED) is 0.904. The number of likely N-dealkylation sites (N-methyl/N-ethyl adjacent to an activating group) is 1. The standard InChI is InChI=1S/C16H24BrN3O/c1-12-6-4-8-16(10-12,20(2)3)11-19-15(21)14-13(17)7-5-9-18-14/h5,7,9,12H,4,6,8,10-11H2,1-3H3,(H,19,21). The van der Waals surface area contributed by atoms with Gasteiger partial charge >= 0.3 is 0 Å². The Labute approximate surface area is 135 Å². The van der Waals surface area contributed by atoms with Crippen molar-refractivity contribution in [2.75, 3.05) is 20.6 Å². The Morgan fingerprint density at radius 3 is 2.95 bits per heavy atom. The Hall–Kier alpha value is -0.940. The molecule has 2 rings (SSSR count). The van der Waals surface area contributed by atoms with Gasteiger partial charge in [0.25, 0.3) is 5.91 Å². The monoisotopic (exact) mass is 353 g/mol. The van der Waals surface area contributed by atoms with Crippen LogP contribution in [0.25, 0.3) is 0 Å². The van der Waals surface area contributed by atoms with Gasteiger partial charge in [0.05, 0.1) is 0 Å².